The van der Waals surface area contributed by atoms with Gasteiger partial charge in [-0.25, -0.2) is 4.79 Å². The van der Waals surface area contributed by atoms with E-state index in [1.165, 1.54) is 0 Å². The quantitative estimate of drug-likeness (QED) is 0.787. The fourth-order valence-corrected chi connectivity index (χ4v) is 2.52. The molecule has 0 N–H and O–H groups in total. The lowest BCUT2D eigenvalue weighted by molar-refractivity contribution is 0.102. The van der Waals surface area contributed by atoms with Gasteiger partial charge in [0, 0.05) is 29.8 Å². The minimum Gasteiger partial charge on any atom is -0.450 e. The Morgan fingerprint density at radius 1 is 1.37 bits per heavy atom. The summed E-state index contributed by atoms with van der Waals surface area (Å²) in [6, 6.07) is 10.1. The summed E-state index contributed by atoms with van der Waals surface area (Å²) < 4.78 is 5.07. The summed E-state index contributed by atoms with van der Waals surface area (Å²) in [6.07, 6.45) is 0.565. The molecule has 0 aromatic heterocycles. The molecule has 0 spiro atoms. The van der Waals surface area contributed by atoms with Crippen LogP contribution in [0.25, 0.3) is 11.3 Å². The SMILES string of the molecule is CCOC(=O)N1CCc2nc3cccccc-3c2C1. The summed E-state index contributed by atoms with van der Waals surface area (Å²) in [5.41, 5.74) is 4.40. The van der Waals surface area contributed by atoms with Crippen LogP contribution in [-0.4, -0.2) is 29.1 Å². The Morgan fingerprint density at radius 2 is 2.21 bits per heavy atom. The highest BCUT2D eigenvalue weighted by Crippen LogP contribution is 2.31. The van der Waals surface area contributed by atoms with Gasteiger partial charge in [0.1, 0.15) is 0 Å². The van der Waals surface area contributed by atoms with Gasteiger partial charge in [-0.3, -0.25) is 4.98 Å². The van der Waals surface area contributed by atoms with Crippen molar-refractivity contribution in [2.24, 2.45) is 0 Å². The van der Waals surface area contributed by atoms with E-state index in [-0.39, 0.29) is 6.09 Å². The lowest BCUT2D eigenvalue weighted by Crippen LogP contribution is -2.36. The van der Waals surface area contributed by atoms with E-state index in [2.05, 4.69) is 11.1 Å². The van der Waals surface area contributed by atoms with Gasteiger partial charge >= 0.3 is 6.09 Å². The molecule has 3 aliphatic rings. The van der Waals surface area contributed by atoms with Crippen molar-refractivity contribution in [1.82, 2.24) is 9.88 Å². The molecule has 0 saturated heterocycles. The number of carbonyl (C=O) groups excluding carboxylic acids is 1. The molecule has 0 unspecified atom stereocenters. The van der Waals surface area contributed by atoms with Crippen LogP contribution in [0, 0.1) is 0 Å². The number of hydrogen-bond donors (Lipinski definition) is 0. The fourth-order valence-electron chi connectivity index (χ4n) is 2.52. The van der Waals surface area contributed by atoms with E-state index in [0.717, 1.165) is 28.9 Å². The zero-order valence-corrected chi connectivity index (χ0v) is 10.9. The number of aromatic nitrogens is 1. The van der Waals surface area contributed by atoms with Gasteiger partial charge < -0.3 is 9.64 Å². The molecule has 0 aromatic carbocycles. The predicted octanol–water partition coefficient (Wildman–Crippen LogP) is 2.70. The Morgan fingerprint density at radius 3 is 3.05 bits per heavy atom. The molecule has 1 amide bonds. The van der Waals surface area contributed by atoms with Crippen LogP contribution < -0.4 is 0 Å². The molecule has 0 saturated carbocycles. The topological polar surface area (TPSA) is 42.4 Å². The molecule has 4 heteroatoms. The van der Waals surface area contributed by atoms with Gasteiger partial charge in [-0.05, 0) is 13.0 Å². The van der Waals surface area contributed by atoms with Gasteiger partial charge in [-0.15, -0.1) is 0 Å². The Hall–Kier alpha value is -2.10. The largest absolute Gasteiger partial charge is 0.450 e. The van der Waals surface area contributed by atoms with E-state index in [1.54, 1.807) is 4.90 Å². The monoisotopic (exact) mass is 256 g/mol. The van der Waals surface area contributed by atoms with Crippen LogP contribution in [-0.2, 0) is 17.7 Å². The number of rotatable bonds is 1. The second kappa shape index (κ2) is 4.88. The molecule has 4 nitrogen and oxygen atoms in total. The molecule has 0 aromatic rings. The second-order valence-electron chi connectivity index (χ2n) is 4.62. The molecule has 0 radical (unpaired) electrons. The third-order valence-corrected chi connectivity index (χ3v) is 3.44. The molecular formula is C15H16N2O2. The van der Waals surface area contributed by atoms with E-state index in [4.69, 9.17) is 4.74 Å². The van der Waals surface area contributed by atoms with Crippen LogP contribution in [0.15, 0.2) is 30.3 Å². The lowest BCUT2D eigenvalue weighted by Gasteiger charge is -2.26. The molecule has 19 heavy (non-hydrogen) atoms. The van der Waals surface area contributed by atoms with Crippen molar-refractivity contribution in [3.63, 3.8) is 0 Å². The highest BCUT2D eigenvalue weighted by molar-refractivity contribution is 5.72. The first-order valence-electron chi connectivity index (χ1n) is 6.58. The normalized spacial score (nSPS) is 14.3. The van der Waals surface area contributed by atoms with Crippen molar-refractivity contribution >= 4 is 6.09 Å². The Labute approximate surface area is 112 Å². The molecule has 1 aliphatic carbocycles. The minimum absolute atomic E-state index is 0.234. The maximum atomic E-state index is 11.8. The van der Waals surface area contributed by atoms with Crippen LogP contribution in [0.5, 0.6) is 0 Å². The van der Waals surface area contributed by atoms with Crippen molar-refractivity contribution in [2.75, 3.05) is 13.2 Å². The van der Waals surface area contributed by atoms with Gasteiger partial charge in [-0.1, -0.05) is 24.3 Å². The standard InChI is InChI=1S/C15H16N2O2/c1-2-19-15(18)17-9-8-14-12(10-17)11-6-4-3-5-7-13(11)16-14/h3-7H,2,8-10H2,1H3. The maximum absolute atomic E-state index is 11.8. The van der Waals surface area contributed by atoms with Gasteiger partial charge in [-0.2, -0.15) is 0 Å². The molecule has 0 bridgehead atoms. The van der Waals surface area contributed by atoms with Gasteiger partial charge in [0.2, 0.25) is 0 Å². The maximum Gasteiger partial charge on any atom is 0.410 e. The molecule has 3 rings (SSSR count). The van der Waals surface area contributed by atoms with Crippen molar-refractivity contribution in [3.05, 3.63) is 41.6 Å². The number of carbonyl (C=O) groups is 1. The summed E-state index contributed by atoms with van der Waals surface area (Å²) >= 11 is 0. The molecule has 0 atom stereocenters. The third kappa shape index (κ3) is 2.14. The van der Waals surface area contributed by atoms with Crippen molar-refractivity contribution in [2.45, 2.75) is 19.9 Å². The zero-order chi connectivity index (χ0) is 13.2. The highest BCUT2D eigenvalue weighted by Gasteiger charge is 2.27. The number of nitrogens with zero attached hydrogens (tertiary/aromatic N) is 2. The highest BCUT2D eigenvalue weighted by atomic mass is 16.6. The average molecular weight is 256 g/mol. The summed E-state index contributed by atoms with van der Waals surface area (Å²) in [5.74, 6) is 0. The van der Waals surface area contributed by atoms with Crippen molar-refractivity contribution in [1.29, 1.82) is 0 Å². The Bertz CT molecular complexity index is 582. The zero-order valence-electron chi connectivity index (χ0n) is 10.9. The Balaban J connectivity index is 1.94. The van der Waals surface area contributed by atoms with Crippen LogP contribution in [0.2, 0.25) is 0 Å². The number of fused-ring (bicyclic) bond motifs is 3. The summed E-state index contributed by atoms with van der Waals surface area (Å²) in [6.45, 7) is 3.51. The summed E-state index contributed by atoms with van der Waals surface area (Å²) in [7, 11) is 0. The molecule has 0 fully saturated rings. The van der Waals surface area contributed by atoms with Crippen LogP contribution >= 0.6 is 0 Å². The number of hydrogen-bond acceptors (Lipinski definition) is 3. The van der Waals surface area contributed by atoms with Crippen LogP contribution in [0.3, 0.4) is 0 Å². The third-order valence-electron chi connectivity index (χ3n) is 3.44. The molecule has 2 heterocycles. The summed E-state index contributed by atoms with van der Waals surface area (Å²) in [4.78, 5) is 18.2. The molecule has 2 aliphatic heterocycles. The first-order valence-corrected chi connectivity index (χ1v) is 6.58. The minimum atomic E-state index is -0.234. The van der Waals surface area contributed by atoms with E-state index < -0.39 is 0 Å². The fraction of sp³-hybridized carbons (Fsp3) is 0.333. The smallest absolute Gasteiger partial charge is 0.410 e. The van der Waals surface area contributed by atoms with Crippen molar-refractivity contribution < 1.29 is 9.53 Å². The van der Waals surface area contributed by atoms with Gasteiger partial charge in [0.25, 0.3) is 0 Å². The molecule has 98 valence electrons. The predicted molar refractivity (Wildman–Crippen MR) is 72.0 cm³/mol. The lowest BCUT2D eigenvalue weighted by atomic mass is 10.0. The first kappa shape index (κ1) is 12.0. The number of ether oxygens (including phenoxy) is 1. The van der Waals surface area contributed by atoms with Crippen LogP contribution in [0.4, 0.5) is 4.79 Å². The van der Waals surface area contributed by atoms with E-state index in [9.17, 15) is 4.79 Å². The van der Waals surface area contributed by atoms with Gasteiger partial charge in [0.05, 0.1) is 18.8 Å². The van der Waals surface area contributed by atoms with E-state index in [1.807, 2.05) is 31.2 Å². The molecular weight excluding hydrogens is 240 g/mol. The van der Waals surface area contributed by atoms with Crippen LogP contribution in [0.1, 0.15) is 18.2 Å². The number of amides is 1. The van der Waals surface area contributed by atoms with Gasteiger partial charge in [0.15, 0.2) is 0 Å². The van der Waals surface area contributed by atoms with E-state index >= 15 is 0 Å². The Kier molecular flexibility index (Phi) is 3.07. The average Bonchev–Trinajstić information content (AvgIpc) is 2.60. The summed E-state index contributed by atoms with van der Waals surface area (Å²) in [5, 5.41) is 0. The van der Waals surface area contributed by atoms with Crippen molar-refractivity contribution in [3.8, 4) is 11.3 Å². The van der Waals surface area contributed by atoms with E-state index in [0.29, 0.717) is 19.7 Å². The second-order valence-corrected chi connectivity index (χ2v) is 4.62. The first-order chi connectivity index (χ1) is 9.29.